The topological polar surface area (TPSA) is 9.23 Å². The monoisotopic (exact) mass is 170 g/mol. The average molecular weight is 170 g/mol. The zero-order chi connectivity index (χ0) is 9.30. The van der Waals surface area contributed by atoms with Crippen LogP contribution in [0.15, 0.2) is 0 Å². The molecule has 0 aromatic carbocycles. The van der Waals surface area contributed by atoms with Crippen molar-refractivity contribution in [2.45, 2.75) is 53.2 Å². The molecule has 0 N–H and O–H groups in total. The van der Waals surface area contributed by atoms with Crippen molar-refractivity contribution < 1.29 is 4.74 Å². The second-order valence-electron chi connectivity index (χ2n) is 4.37. The van der Waals surface area contributed by atoms with Crippen LogP contribution < -0.4 is 0 Å². The van der Waals surface area contributed by atoms with Crippen LogP contribution >= 0.6 is 0 Å². The lowest BCUT2D eigenvalue weighted by Crippen LogP contribution is -2.42. The zero-order valence-corrected chi connectivity index (χ0v) is 9.00. The summed E-state index contributed by atoms with van der Waals surface area (Å²) < 4.78 is 5.93. The highest BCUT2D eigenvalue weighted by molar-refractivity contribution is 4.83. The minimum atomic E-state index is 0.446. The Labute approximate surface area is 76.5 Å². The summed E-state index contributed by atoms with van der Waals surface area (Å²) >= 11 is 0. The van der Waals surface area contributed by atoms with Gasteiger partial charge in [-0.3, -0.25) is 0 Å². The highest BCUT2D eigenvalue weighted by atomic mass is 16.5. The molecule has 0 amide bonds. The van der Waals surface area contributed by atoms with Crippen molar-refractivity contribution in [3.8, 4) is 0 Å². The molecule has 0 saturated carbocycles. The van der Waals surface area contributed by atoms with Crippen LogP contribution in [0.25, 0.3) is 0 Å². The molecular formula is C11H22O. The minimum Gasteiger partial charge on any atom is -0.375 e. The maximum Gasteiger partial charge on any atom is 0.0604 e. The average Bonchev–Trinajstić information content (AvgIpc) is 2.08. The molecule has 0 radical (unpaired) electrons. The van der Waals surface area contributed by atoms with E-state index in [-0.39, 0.29) is 0 Å². The normalized spacial score (nSPS) is 49.2. The minimum absolute atomic E-state index is 0.446. The molecule has 0 bridgehead atoms. The van der Waals surface area contributed by atoms with E-state index in [4.69, 9.17) is 4.74 Å². The molecule has 1 saturated heterocycles. The van der Waals surface area contributed by atoms with Gasteiger partial charge in [0.05, 0.1) is 12.2 Å². The molecule has 1 heterocycles. The third kappa shape index (κ3) is 1.66. The van der Waals surface area contributed by atoms with Crippen molar-refractivity contribution in [3.05, 3.63) is 0 Å². The highest BCUT2D eigenvalue weighted by Crippen LogP contribution is 2.35. The lowest BCUT2D eigenvalue weighted by Gasteiger charge is -2.42. The zero-order valence-electron chi connectivity index (χ0n) is 9.00. The Morgan fingerprint density at radius 1 is 0.917 bits per heavy atom. The van der Waals surface area contributed by atoms with Gasteiger partial charge in [-0.1, -0.05) is 27.7 Å². The molecule has 0 aromatic heterocycles. The number of rotatable bonds is 1. The summed E-state index contributed by atoms with van der Waals surface area (Å²) in [5.41, 5.74) is 0. The maximum atomic E-state index is 5.93. The molecular weight excluding hydrogens is 148 g/mol. The molecule has 12 heavy (non-hydrogen) atoms. The molecule has 0 spiro atoms. The number of ether oxygens (including phenoxy) is 1. The smallest absolute Gasteiger partial charge is 0.0604 e. The van der Waals surface area contributed by atoms with Crippen molar-refractivity contribution in [1.82, 2.24) is 0 Å². The fourth-order valence-corrected chi connectivity index (χ4v) is 2.24. The molecule has 0 unspecified atom stereocenters. The first-order valence-corrected chi connectivity index (χ1v) is 5.23. The summed E-state index contributed by atoms with van der Waals surface area (Å²) in [5, 5.41) is 0. The molecule has 1 rings (SSSR count). The van der Waals surface area contributed by atoms with Crippen LogP contribution in [0.5, 0.6) is 0 Å². The third-order valence-electron chi connectivity index (χ3n) is 3.78. The largest absolute Gasteiger partial charge is 0.375 e. The quantitative estimate of drug-likeness (QED) is 0.587. The predicted molar refractivity (Wildman–Crippen MR) is 52.1 cm³/mol. The van der Waals surface area contributed by atoms with Crippen LogP contribution in [0.3, 0.4) is 0 Å². The molecule has 5 atom stereocenters. The van der Waals surface area contributed by atoms with Crippen molar-refractivity contribution in [3.63, 3.8) is 0 Å². The first-order chi connectivity index (χ1) is 5.57. The summed E-state index contributed by atoms with van der Waals surface area (Å²) in [6.07, 6.45) is 2.09. The Morgan fingerprint density at radius 2 is 1.50 bits per heavy atom. The van der Waals surface area contributed by atoms with E-state index < -0.39 is 0 Å². The van der Waals surface area contributed by atoms with Crippen molar-refractivity contribution >= 4 is 0 Å². The van der Waals surface area contributed by atoms with Gasteiger partial charge < -0.3 is 4.74 Å². The van der Waals surface area contributed by atoms with Gasteiger partial charge in [-0.2, -0.15) is 0 Å². The van der Waals surface area contributed by atoms with Crippen LogP contribution in [0, 0.1) is 17.8 Å². The standard InChI is InChI=1S/C11H22O/c1-6-11-9(4)7(2)8(3)10(5)12-11/h7-11H,6H2,1-5H3/t7-,8-,9+,10+,11-/m1/s1. The first-order valence-electron chi connectivity index (χ1n) is 5.23. The van der Waals surface area contributed by atoms with E-state index in [0.29, 0.717) is 18.1 Å². The number of hydrogen-bond donors (Lipinski definition) is 0. The molecule has 1 nitrogen and oxygen atoms in total. The summed E-state index contributed by atoms with van der Waals surface area (Å²) in [6.45, 7) is 11.4. The summed E-state index contributed by atoms with van der Waals surface area (Å²) in [4.78, 5) is 0. The highest BCUT2D eigenvalue weighted by Gasteiger charge is 2.35. The van der Waals surface area contributed by atoms with Crippen molar-refractivity contribution in [2.24, 2.45) is 17.8 Å². The van der Waals surface area contributed by atoms with E-state index in [1.807, 2.05) is 0 Å². The van der Waals surface area contributed by atoms with E-state index in [2.05, 4.69) is 34.6 Å². The summed E-state index contributed by atoms with van der Waals surface area (Å²) in [6, 6.07) is 0. The van der Waals surface area contributed by atoms with E-state index in [1.165, 1.54) is 0 Å². The Bertz CT molecular complexity index is 139. The van der Waals surface area contributed by atoms with Crippen LogP contribution in [0.2, 0.25) is 0 Å². The van der Waals surface area contributed by atoms with Gasteiger partial charge >= 0.3 is 0 Å². The molecule has 1 heteroatoms. The van der Waals surface area contributed by atoms with Gasteiger partial charge in [0, 0.05) is 0 Å². The van der Waals surface area contributed by atoms with Gasteiger partial charge in [0.25, 0.3) is 0 Å². The number of hydrogen-bond acceptors (Lipinski definition) is 1. The van der Waals surface area contributed by atoms with Crippen LogP contribution in [0.1, 0.15) is 41.0 Å². The second-order valence-corrected chi connectivity index (χ2v) is 4.37. The van der Waals surface area contributed by atoms with Crippen LogP contribution in [-0.4, -0.2) is 12.2 Å². The fraction of sp³-hybridized carbons (Fsp3) is 1.00. The van der Waals surface area contributed by atoms with Crippen LogP contribution in [-0.2, 0) is 4.74 Å². The van der Waals surface area contributed by atoms with E-state index in [0.717, 1.165) is 18.3 Å². The van der Waals surface area contributed by atoms with Gasteiger partial charge in [-0.05, 0) is 31.1 Å². The van der Waals surface area contributed by atoms with Gasteiger partial charge in [-0.25, -0.2) is 0 Å². The summed E-state index contributed by atoms with van der Waals surface area (Å²) in [7, 11) is 0. The van der Waals surface area contributed by atoms with E-state index in [9.17, 15) is 0 Å². The van der Waals surface area contributed by atoms with E-state index in [1.54, 1.807) is 0 Å². The van der Waals surface area contributed by atoms with Gasteiger partial charge in [0.1, 0.15) is 0 Å². The SMILES string of the molecule is CC[C@H]1O[C@@H](C)[C@H](C)[C@@H](C)[C@@H]1C. The molecule has 0 aliphatic carbocycles. The van der Waals surface area contributed by atoms with Gasteiger partial charge in [0.15, 0.2) is 0 Å². The Kier molecular flexibility index (Phi) is 3.16. The molecule has 1 fully saturated rings. The molecule has 1 aliphatic rings. The van der Waals surface area contributed by atoms with Crippen molar-refractivity contribution in [1.29, 1.82) is 0 Å². The van der Waals surface area contributed by atoms with E-state index >= 15 is 0 Å². The van der Waals surface area contributed by atoms with Crippen molar-refractivity contribution in [2.75, 3.05) is 0 Å². The second kappa shape index (κ2) is 3.78. The summed E-state index contributed by atoms with van der Waals surface area (Å²) in [5.74, 6) is 2.24. The lowest BCUT2D eigenvalue weighted by molar-refractivity contribution is -0.125. The Balaban J connectivity index is 2.63. The molecule has 0 aromatic rings. The van der Waals surface area contributed by atoms with Gasteiger partial charge in [0.2, 0.25) is 0 Å². The Morgan fingerprint density at radius 3 is 2.00 bits per heavy atom. The predicted octanol–water partition coefficient (Wildman–Crippen LogP) is 3.09. The first kappa shape index (κ1) is 10.0. The molecule has 1 aliphatic heterocycles. The third-order valence-corrected chi connectivity index (χ3v) is 3.78. The maximum absolute atomic E-state index is 5.93. The molecule has 72 valence electrons. The van der Waals surface area contributed by atoms with Gasteiger partial charge in [-0.15, -0.1) is 0 Å². The van der Waals surface area contributed by atoms with Crippen LogP contribution in [0.4, 0.5) is 0 Å². The lowest BCUT2D eigenvalue weighted by atomic mass is 9.76. The fourth-order valence-electron chi connectivity index (χ4n) is 2.24. The Hall–Kier alpha value is -0.0400.